The van der Waals surface area contributed by atoms with E-state index in [1.54, 1.807) is 38.1 Å². The lowest BCUT2D eigenvalue weighted by molar-refractivity contribution is -0.315. The molecule has 0 aromatic carbocycles. The first-order valence-electron chi connectivity index (χ1n) is 9.79. The van der Waals surface area contributed by atoms with Crippen LogP contribution in [0.1, 0.15) is 46.5 Å². The highest BCUT2D eigenvalue weighted by Crippen LogP contribution is 2.39. The summed E-state index contributed by atoms with van der Waals surface area (Å²) in [6, 6.07) is 6.24. The van der Waals surface area contributed by atoms with Crippen molar-refractivity contribution in [2.45, 2.75) is 26.7 Å². The summed E-state index contributed by atoms with van der Waals surface area (Å²) in [5.41, 5.74) is 7.39. The Morgan fingerprint density at radius 3 is 1.94 bits per heavy atom. The van der Waals surface area contributed by atoms with E-state index >= 15 is 0 Å². The number of carbonyl (C=O) groups excluding carboxylic acids is 3. The van der Waals surface area contributed by atoms with E-state index in [9.17, 15) is 19.6 Å². The maximum Gasteiger partial charge on any atom is 0.340 e. The second kappa shape index (κ2) is 11.3. The largest absolute Gasteiger partial charge is 0.462 e. The number of hydroxylamine groups is 2. The minimum atomic E-state index is -0.737. The molecular weight excluding hydrogens is 408 g/mol. The third-order valence-electron chi connectivity index (χ3n) is 4.34. The van der Waals surface area contributed by atoms with Crippen LogP contribution in [0.25, 0.3) is 11.1 Å². The molecular formula is C21H26N2O8. The molecule has 0 aromatic rings. The SMILES string of the molecule is CCOC(=O)c1c2ccc(CC(=O)N(O)OCCCO)ccc-2c(C(=O)OCC)c1N. The molecule has 0 aliphatic heterocycles. The van der Waals surface area contributed by atoms with Crippen molar-refractivity contribution in [2.24, 2.45) is 0 Å². The predicted octanol–water partition coefficient (Wildman–Crippen LogP) is 1.80. The molecule has 2 aliphatic rings. The summed E-state index contributed by atoms with van der Waals surface area (Å²) in [4.78, 5) is 41.9. The fraction of sp³-hybridized carbons (Fsp3) is 0.381. The van der Waals surface area contributed by atoms with Gasteiger partial charge >= 0.3 is 11.9 Å². The van der Waals surface area contributed by atoms with E-state index in [-0.39, 0.29) is 61.3 Å². The number of aliphatic hydroxyl groups is 1. The zero-order chi connectivity index (χ0) is 23.0. The smallest absolute Gasteiger partial charge is 0.340 e. The van der Waals surface area contributed by atoms with Crippen LogP contribution < -0.4 is 5.73 Å². The van der Waals surface area contributed by atoms with Crippen LogP contribution in [0.2, 0.25) is 0 Å². The van der Waals surface area contributed by atoms with E-state index in [2.05, 4.69) is 0 Å². The van der Waals surface area contributed by atoms with Gasteiger partial charge in [0.15, 0.2) is 0 Å². The number of nitrogen functional groups attached to an aromatic ring is 1. The number of fused-ring (bicyclic) bond motifs is 1. The van der Waals surface area contributed by atoms with E-state index in [0.717, 1.165) is 0 Å². The molecule has 0 fully saturated rings. The van der Waals surface area contributed by atoms with Crippen LogP contribution in [0.15, 0.2) is 24.3 Å². The van der Waals surface area contributed by atoms with Crippen LogP contribution in [0.3, 0.4) is 0 Å². The van der Waals surface area contributed by atoms with Gasteiger partial charge in [-0.2, -0.15) is 0 Å². The van der Waals surface area contributed by atoms with Gasteiger partial charge in [0.2, 0.25) is 0 Å². The normalized spacial score (nSPS) is 10.7. The van der Waals surface area contributed by atoms with Gasteiger partial charge in [0.05, 0.1) is 43.1 Å². The van der Waals surface area contributed by atoms with Crippen LogP contribution >= 0.6 is 0 Å². The highest BCUT2D eigenvalue weighted by Gasteiger charge is 2.30. The maximum atomic E-state index is 12.5. The first-order chi connectivity index (χ1) is 14.8. The van der Waals surface area contributed by atoms with Crippen LogP contribution in [0.4, 0.5) is 5.69 Å². The summed E-state index contributed by atoms with van der Waals surface area (Å²) in [6.07, 6.45) is 0.0417. The van der Waals surface area contributed by atoms with Gasteiger partial charge in [-0.15, -0.1) is 0 Å². The minimum Gasteiger partial charge on any atom is -0.462 e. The van der Waals surface area contributed by atoms with E-state index in [1.165, 1.54) is 0 Å². The van der Waals surface area contributed by atoms with Gasteiger partial charge in [0.25, 0.3) is 5.91 Å². The predicted molar refractivity (Wildman–Crippen MR) is 109 cm³/mol. The van der Waals surface area contributed by atoms with Crippen molar-refractivity contribution >= 4 is 23.5 Å². The van der Waals surface area contributed by atoms with Crippen molar-refractivity contribution < 1.29 is 39.0 Å². The summed E-state index contributed by atoms with van der Waals surface area (Å²) in [6.45, 7) is 3.39. The van der Waals surface area contributed by atoms with Crippen molar-refractivity contribution in [3.8, 4) is 11.1 Å². The number of nitrogens with zero attached hydrogens (tertiary/aromatic N) is 1. The number of aliphatic hydroxyl groups excluding tert-OH is 1. The van der Waals surface area contributed by atoms with Gasteiger partial charge in [0.1, 0.15) is 0 Å². The Kier molecular flexibility index (Phi) is 8.74. The number of rotatable bonds is 10. The molecule has 10 heteroatoms. The van der Waals surface area contributed by atoms with Gasteiger partial charge in [0, 0.05) is 6.61 Å². The van der Waals surface area contributed by atoms with Crippen LogP contribution in [-0.2, 0) is 25.5 Å². The molecule has 0 unspecified atom stereocenters. The molecule has 0 saturated heterocycles. The topological polar surface area (TPSA) is 149 Å². The molecule has 2 aliphatic carbocycles. The Bertz CT molecular complexity index is 859. The fourth-order valence-corrected chi connectivity index (χ4v) is 2.96. The summed E-state index contributed by atoms with van der Waals surface area (Å²) in [7, 11) is 0. The molecule has 0 atom stereocenters. The van der Waals surface area contributed by atoms with Gasteiger partial charge in [-0.3, -0.25) is 10.0 Å². The number of hydrogen-bond acceptors (Lipinski definition) is 9. The lowest BCUT2D eigenvalue weighted by Crippen LogP contribution is -2.29. The Labute approximate surface area is 179 Å². The maximum absolute atomic E-state index is 12.5. The van der Waals surface area contributed by atoms with Crippen molar-refractivity contribution in [1.29, 1.82) is 0 Å². The standard InChI is InChI=1S/C21H26N2O8/c1-3-29-20(26)17-14-8-6-13(12-16(25)23(28)31-11-5-10-24)7-9-15(14)18(19(17)22)21(27)30-4-2/h6-9,24,28H,3-5,10-12,22H2,1-2H3. The molecule has 1 amide bonds. The van der Waals surface area contributed by atoms with Crippen molar-refractivity contribution in [1.82, 2.24) is 5.23 Å². The van der Waals surface area contributed by atoms with Gasteiger partial charge < -0.3 is 20.3 Å². The third-order valence-corrected chi connectivity index (χ3v) is 4.34. The van der Waals surface area contributed by atoms with E-state index in [1.807, 2.05) is 0 Å². The molecule has 0 bridgehead atoms. The molecule has 10 nitrogen and oxygen atoms in total. The number of carbonyl (C=O) groups is 3. The van der Waals surface area contributed by atoms with E-state index < -0.39 is 17.8 Å². The number of amides is 1. The Morgan fingerprint density at radius 2 is 1.48 bits per heavy atom. The third kappa shape index (κ3) is 5.69. The number of hydrogen-bond donors (Lipinski definition) is 3. The highest BCUT2D eigenvalue weighted by molar-refractivity contribution is 6.15. The second-order valence-corrected chi connectivity index (χ2v) is 6.43. The summed E-state index contributed by atoms with van der Waals surface area (Å²) < 4.78 is 10.1. The summed E-state index contributed by atoms with van der Waals surface area (Å²) in [5, 5.41) is 18.5. The van der Waals surface area contributed by atoms with Gasteiger partial charge in [-0.25, -0.2) is 14.4 Å². The average Bonchev–Trinajstić information content (AvgIpc) is 2.86. The Morgan fingerprint density at radius 1 is 0.968 bits per heavy atom. The molecule has 168 valence electrons. The van der Waals surface area contributed by atoms with E-state index in [0.29, 0.717) is 16.7 Å². The first-order valence-corrected chi connectivity index (χ1v) is 9.79. The average molecular weight is 434 g/mol. The lowest BCUT2D eigenvalue weighted by atomic mass is 10.1. The number of esters is 2. The van der Waals surface area contributed by atoms with E-state index in [4.69, 9.17) is 25.2 Å². The lowest BCUT2D eigenvalue weighted by Gasteiger charge is -2.13. The monoisotopic (exact) mass is 434 g/mol. The molecule has 0 heterocycles. The molecule has 4 N–H and O–H groups in total. The molecule has 0 radical (unpaired) electrons. The first kappa shape index (κ1) is 24.1. The van der Waals surface area contributed by atoms with Gasteiger partial charge in [-0.05, 0) is 37.0 Å². The molecule has 0 saturated carbocycles. The number of nitrogens with two attached hydrogens (primary N) is 1. The number of anilines is 1. The molecule has 0 aromatic heterocycles. The van der Waals surface area contributed by atoms with Crippen LogP contribution in [0.5, 0.6) is 0 Å². The van der Waals surface area contributed by atoms with Crippen molar-refractivity contribution in [3.63, 3.8) is 0 Å². The quantitative estimate of drug-likeness (QED) is 0.220. The molecule has 0 spiro atoms. The van der Waals surface area contributed by atoms with Gasteiger partial charge in [-0.1, -0.05) is 29.5 Å². The van der Waals surface area contributed by atoms with Crippen LogP contribution in [-0.4, -0.2) is 59.8 Å². The molecule has 31 heavy (non-hydrogen) atoms. The zero-order valence-electron chi connectivity index (χ0n) is 17.4. The Balaban J connectivity index is 2.42. The zero-order valence-corrected chi connectivity index (χ0v) is 17.4. The van der Waals surface area contributed by atoms with Crippen molar-refractivity contribution in [3.05, 3.63) is 41.0 Å². The highest BCUT2D eigenvalue weighted by atomic mass is 16.9. The minimum absolute atomic E-state index is 0.0273. The van der Waals surface area contributed by atoms with Crippen LogP contribution in [0, 0.1) is 0 Å². The fourth-order valence-electron chi connectivity index (χ4n) is 2.96. The summed E-state index contributed by atoms with van der Waals surface area (Å²) in [5.74, 6) is -2.09. The second-order valence-electron chi connectivity index (χ2n) is 6.43. The Hall–Kier alpha value is -3.21. The summed E-state index contributed by atoms with van der Waals surface area (Å²) >= 11 is 0. The molecule has 2 rings (SSSR count). The number of ether oxygens (including phenoxy) is 2. The van der Waals surface area contributed by atoms with Crippen molar-refractivity contribution in [2.75, 3.05) is 32.2 Å².